The van der Waals surface area contributed by atoms with E-state index in [4.69, 9.17) is 0 Å². The van der Waals surface area contributed by atoms with Crippen LogP contribution in [0.3, 0.4) is 0 Å². The Morgan fingerprint density at radius 3 is 1.47 bits per heavy atom. The third-order valence-corrected chi connectivity index (χ3v) is 8.33. The number of hydrogen-bond donors (Lipinski definition) is 0. The third kappa shape index (κ3) is 15.1. The first-order valence-electron chi connectivity index (χ1n) is 6.45. The number of rotatable bonds is 9. The van der Waals surface area contributed by atoms with E-state index < -0.39 is 0 Å². The molecule has 0 aliphatic carbocycles. The quantitative estimate of drug-likeness (QED) is 0.340. The van der Waals surface area contributed by atoms with Crippen molar-refractivity contribution in [1.29, 1.82) is 0 Å². The Morgan fingerprint density at radius 2 is 1.21 bits per heavy atom. The minimum absolute atomic E-state index is 0.288. The number of nitrogens with zero attached hydrogens (tertiary/aromatic N) is 1. The number of carbonyl (C=O) groups excluding carboxylic acids is 1. The summed E-state index contributed by atoms with van der Waals surface area (Å²) in [6, 6.07) is 0. The van der Waals surface area contributed by atoms with Gasteiger partial charge in [-0.2, -0.15) is 0 Å². The van der Waals surface area contributed by atoms with Gasteiger partial charge in [0.05, 0.1) is 0 Å². The molecular formula is C13H27NOS4. The van der Waals surface area contributed by atoms with E-state index >= 15 is 0 Å². The molecule has 0 radical (unpaired) electrons. The predicted octanol–water partition coefficient (Wildman–Crippen LogP) is 4.80. The number of carbonyl (C=O) groups is 1. The van der Waals surface area contributed by atoms with Gasteiger partial charge in [-0.3, -0.25) is 4.79 Å². The predicted molar refractivity (Wildman–Crippen MR) is 97.2 cm³/mol. The van der Waals surface area contributed by atoms with E-state index in [1.165, 1.54) is 0 Å². The second-order valence-corrected chi connectivity index (χ2v) is 12.7. The molecule has 0 aromatic carbocycles. The molecule has 0 aliphatic rings. The Bertz CT molecular complexity index is 226. The fraction of sp³-hybridized carbons (Fsp3) is 0.923. The molecule has 0 aromatic rings. The first-order chi connectivity index (χ1) is 8.64. The monoisotopic (exact) mass is 341 g/mol. The van der Waals surface area contributed by atoms with Crippen molar-refractivity contribution in [3.8, 4) is 0 Å². The smallest absolute Gasteiger partial charge is 0.209 e. The average molecular weight is 342 g/mol. The van der Waals surface area contributed by atoms with Crippen LogP contribution in [0.25, 0.3) is 0 Å². The van der Waals surface area contributed by atoms with Crippen molar-refractivity contribution in [2.24, 2.45) is 0 Å². The fourth-order valence-electron chi connectivity index (χ4n) is 0.963. The van der Waals surface area contributed by atoms with Crippen molar-refractivity contribution in [2.45, 2.75) is 51.0 Å². The maximum atomic E-state index is 11.0. The van der Waals surface area contributed by atoms with Gasteiger partial charge in [-0.05, 0) is 0 Å². The molecule has 0 fully saturated rings. The van der Waals surface area contributed by atoms with E-state index in [9.17, 15) is 4.79 Å². The van der Waals surface area contributed by atoms with E-state index in [2.05, 4.69) is 41.5 Å². The Balaban J connectivity index is 3.64. The zero-order valence-corrected chi connectivity index (χ0v) is 16.2. The Morgan fingerprint density at radius 1 is 0.842 bits per heavy atom. The molecule has 6 heteroatoms. The highest BCUT2D eigenvalue weighted by Crippen LogP contribution is 2.35. The lowest BCUT2D eigenvalue weighted by Crippen LogP contribution is -2.27. The summed E-state index contributed by atoms with van der Waals surface area (Å²) in [6.07, 6.45) is 0.977. The van der Waals surface area contributed by atoms with Crippen LogP contribution in [0, 0.1) is 0 Å². The van der Waals surface area contributed by atoms with Crippen molar-refractivity contribution in [3.63, 3.8) is 0 Å². The van der Waals surface area contributed by atoms with E-state index in [0.717, 1.165) is 31.0 Å². The molecule has 0 N–H and O–H groups in total. The van der Waals surface area contributed by atoms with Gasteiger partial charge in [0.15, 0.2) is 0 Å². The maximum Gasteiger partial charge on any atom is 0.209 e. The Hall–Kier alpha value is 0.870. The lowest BCUT2D eigenvalue weighted by Gasteiger charge is -2.20. The van der Waals surface area contributed by atoms with Crippen molar-refractivity contribution >= 4 is 49.6 Å². The molecule has 114 valence electrons. The largest absolute Gasteiger partial charge is 0.344 e. The van der Waals surface area contributed by atoms with Crippen LogP contribution < -0.4 is 0 Å². The standard InChI is InChI=1S/C13H27NOS4/c1-12(2,3)18-16-9-7-14(11-15)8-10-17-19-13(4,5)6/h11H,7-10H2,1-6H3. The minimum Gasteiger partial charge on any atom is -0.344 e. The lowest BCUT2D eigenvalue weighted by atomic mass is 10.3. The second kappa shape index (κ2) is 9.74. The summed E-state index contributed by atoms with van der Waals surface area (Å²) < 4.78 is 0.575. The Kier molecular flexibility index (Phi) is 10.2. The highest BCUT2D eigenvalue weighted by molar-refractivity contribution is 8.77. The summed E-state index contributed by atoms with van der Waals surface area (Å²) in [5, 5.41) is 0. The van der Waals surface area contributed by atoms with E-state index in [-0.39, 0.29) is 9.49 Å². The van der Waals surface area contributed by atoms with Crippen molar-refractivity contribution < 1.29 is 4.79 Å². The zero-order chi connectivity index (χ0) is 14.9. The molecule has 0 spiro atoms. The summed E-state index contributed by atoms with van der Waals surface area (Å²) in [7, 11) is 7.47. The highest BCUT2D eigenvalue weighted by atomic mass is 33.1. The molecule has 2 nitrogen and oxygen atoms in total. The molecule has 0 heterocycles. The van der Waals surface area contributed by atoms with Gasteiger partial charge in [-0.25, -0.2) is 0 Å². The molecule has 0 rings (SSSR count). The highest BCUT2D eigenvalue weighted by Gasteiger charge is 2.12. The van der Waals surface area contributed by atoms with Gasteiger partial charge in [-0.1, -0.05) is 84.7 Å². The molecule has 1 amide bonds. The van der Waals surface area contributed by atoms with Gasteiger partial charge >= 0.3 is 0 Å². The van der Waals surface area contributed by atoms with E-state index in [1.807, 2.05) is 48.1 Å². The third-order valence-electron chi connectivity index (χ3n) is 1.69. The molecule has 0 unspecified atom stereocenters. The van der Waals surface area contributed by atoms with Gasteiger partial charge < -0.3 is 4.90 Å². The van der Waals surface area contributed by atoms with Crippen LogP contribution in [0.5, 0.6) is 0 Å². The van der Waals surface area contributed by atoms with Gasteiger partial charge in [0.1, 0.15) is 0 Å². The summed E-state index contributed by atoms with van der Waals surface area (Å²) in [6.45, 7) is 15.0. The van der Waals surface area contributed by atoms with Crippen LogP contribution in [0.15, 0.2) is 0 Å². The summed E-state index contributed by atoms with van der Waals surface area (Å²) >= 11 is 0. The molecule has 0 atom stereocenters. The first-order valence-corrected chi connectivity index (χ1v) is 11.1. The van der Waals surface area contributed by atoms with Gasteiger partial charge in [0.25, 0.3) is 0 Å². The molecule has 0 bridgehead atoms. The van der Waals surface area contributed by atoms with Gasteiger partial charge in [0, 0.05) is 34.1 Å². The van der Waals surface area contributed by atoms with Crippen LogP contribution >= 0.6 is 43.2 Å². The van der Waals surface area contributed by atoms with E-state index in [0.29, 0.717) is 0 Å². The van der Waals surface area contributed by atoms with Crippen LogP contribution in [0.1, 0.15) is 41.5 Å². The minimum atomic E-state index is 0.288. The maximum absolute atomic E-state index is 11.0. The summed E-state index contributed by atoms with van der Waals surface area (Å²) in [5.41, 5.74) is 0. The molecule has 0 saturated carbocycles. The van der Waals surface area contributed by atoms with Crippen molar-refractivity contribution in [2.75, 3.05) is 24.6 Å². The number of amides is 1. The molecular weight excluding hydrogens is 314 g/mol. The SMILES string of the molecule is CC(C)(C)SSCCN(C=O)CCSSC(C)(C)C. The molecule has 0 aliphatic heterocycles. The van der Waals surface area contributed by atoms with Crippen LogP contribution in [-0.4, -0.2) is 45.4 Å². The van der Waals surface area contributed by atoms with E-state index in [1.54, 1.807) is 0 Å². The summed E-state index contributed by atoms with van der Waals surface area (Å²) in [5.74, 6) is 2.00. The average Bonchev–Trinajstić information content (AvgIpc) is 2.24. The van der Waals surface area contributed by atoms with Crippen molar-refractivity contribution in [1.82, 2.24) is 4.90 Å². The summed E-state index contributed by atoms with van der Waals surface area (Å²) in [4.78, 5) is 12.9. The number of hydrogen-bond acceptors (Lipinski definition) is 5. The topological polar surface area (TPSA) is 20.3 Å². The fourth-order valence-corrected chi connectivity index (χ4v) is 5.52. The second-order valence-electron chi connectivity index (χ2n) is 6.18. The zero-order valence-electron chi connectivity index (χ0n) is 12.9. The van der Waals surface area contributed by atoms with Gasteiger partial charge in [-0.15, -0.1) is 0 Å². The Labute approximate surface area is 134 Å². The molecule has 0 saturated heterocycles. The molecule has 0 aromatic heterocycles. The van der Waals surface area contributed by atoms with Crippen LogP contribution in [0.4, 0.5) is 0 Å². The normalized spacial score (nSPS) is 12.5. The van der Waals surface area contributed by atoms with Crippen LogP contribution in [-0.2, 0) is 4.79 Å². The lowest BCUT2D eigenvalue weighted by molar-refractivity contribution is -0.117. The van der Waals surface area contributed by atoms with Gasteiger partial charge in [0.2, 0.25) is 6.41 Å². The first kappa shape index (κ1) is 19.9. The molecule has 19 heavy (non-hydrogen) atoms. The van der Waals surface area contributed by atoms with Crippen LogP contribution in [0.2, 0.25) is 0 Å². The van der Waals surface area contributed by atoms with Crippen molar-refractivity contribution in [3.05, 3.63) is 0 Å².